The van der Waals surface area contributed by atoms with Gasteiger partial charge in [-0.3, -0.25) is 4.79 Å². The van der Waals surface area contributed by atoms with Gasteiger partial charge in [0.1, 0.15) is 5.82 Å². The van der Waals surface area contributed by atoms with Crippen molar-refractivity contribution in [3.8, 4) is 0 Å². The summed E-state index contributed by atoms with van der Waals surface area (Å²) in [6, 6.07) is 0. The Balaban J connectivity index is 2.12. The standard InChI is InChI=1S/C9H14N2O2S2/c1-2-7-10-9(15-11-7)14-6-4-3-5-8(12)13/h2-6H2,1H3,(H,12,13). The van der Waals surface area contributed by atoms with E-state index in [1.165, 1.54) is 11.5 Å². The normalized spacial score (nSPS) is 10.5. The molecule has 0 aliphatic heterocycles. The summed E-state index contributed by atoms with van der Waals surface area (Å²) in [6.07, 6.45) is 2.78. The highest BCUT2D eigenvalue weighted by Crippen LogP contribution is 2.21. The lowest BCUT2D eigenvalue weighted by molar-refractivity contribution is -0.137. The number of carbonyl (C=O) groups is 1. The van der Waals surface area contributed by atoms with Crippen LogP contribution < -0.4 is 0 Å². The maximum Gasteiger partial charge on any atom is 0.303 e. The number of aromatic nitrogens is 2. The molecule has 0 spiro atoms. The van der Waals surface area contributed by atoms with Gasteiger partial charge in [0, 0.05) is 18.6 Å². The zero-order chi connectivity index (χ0) is 11.1. The van der Waals surface area contributed by atoms with E-state index < -0.39 is 5.97 Å². The largest absolute Gasteiger partial charge is 0.481 e. The summed E-state index contributed by atoms with van der Waals surface area (Å²) < 4.78 is 5.17. The second-order valence-electron chi connectivity index (χ2n) is 3.03. The van der Waals surface area contributed by atoms with Gasteiger partial charge in [-0.05, 0) is 24.4 Å². The molecule has 0 atom stereocenters. The molecule has 1 aromatic heterocycles. The van der Waals surface area contributed by atoms with Crippen LogP contribution in [0.15, 0.2) is 4.34 Å². The van der Waals surface area contributed by atoms with E-state index >= 15 is 0 Å². The first-order valence-electron chi connectivity index (χ1n) is 4.89. The first-order valence-corrected chi connectivity index (χ1v) is 6.65. The van der Waals surface area contributed by atoms with Crippen LogP contribution in [0, 0.1) is 0 Å². The number of carboxylic acids is 1. The van der Waals surface area contributed by atoms with Crippen molar-refractivity contribution in [1.29, 1.82) is 0 Å². The smallest absolute Gasteiger partial charge is 0.303 e. The number of nitrogens with zero attached hydrogens (tertiary/aromatic N) is 2. The second kappa shape index (κ2) is 6.79. The van der Waals surface area contributed by atoms with Gasteiger partial charge in [-0.2, -0.15) is 4.37 Å². The van der Waals surface area contributed by atoms with Crippen LogP contribution in [0.5, 0.6) is 0 Å². The summed E-state index contributed by atoms with van der Waals surface area (Å²) in [6.45, 7) is 2.03. The molecule has 0 radical (unpaired) electrons. The monoisotopic (exact) mass is 246 g/mol. The van der Waals surface area contributed by atoms with E-state index in [-0.39, 0.29) is 6.42 Å². The van der Waals surface area contributed by atoms with Gasteiger partial charge >= 0.3 is 5.97 Å². The zero-order valence-electron chi connectivity index (χ0n) is 8.60. The van der Waals surface area contributed by atoms with Crippen molar-refractivity contribution in [3.05, 3.63) is 5.82 Å². The maximum atomic E-state index is 10.2. The van der Waals surface area contributed by atoms with Gasteiger partial charge in [-0.1, -0.05) is 18.7 Å². The number of hydrogen-bond acceptors (Lipinski definition) is 5. The highest BCUT2D eigenvalue weighted by Gasteiger charge is 2.03. The van der Waals surface area contributed by atoms with E-state index in [1.54, 1.807) is 11.8 Å². The lowest BCUT2D eigenvalue weighted by Crippen LogP contribution is -1.94. The molecule has 1 rings (SSSR count). The second-order valence-corrected chi connectivity index (χ2v) is 5.12. The van der Waals surface area contributed by atoms with Crippen molar-refractivity contribution >= 4 is 29.3 Å². The van der Waals surface area contributed by atoms with Crippen molar-refractivity contribution < 1.29 is 9.90 Å². The molecular weight excluding hydrogens is 232 g/mol. The van der Waals surface area contributed by atoms with Gasteiger partial charge in [0.15, 0.2) is 4.34 Å². The van der Waals surface area contributed by atoms with E-state index in [0.717, 1.165) is 35.2 Å². The van der Waals surface area contributed by atoms with Gasteiger partial charge in [0.2, 0.25) is 0 Å². The van der Waals surface area contributed by atoms with Crippen LogP contribution >= 0.6 is 23.3 Å². The van der Waals surface area contributed by atoms with Crippen molar-refractivity contribution in [2.24, 2.45) is 0 Å². The number of hydrogen-bond donors (Lipinski definition) is 1. The first-order chi connectivity index (χ1) is 7.22. The fourth-order valence-corrected chi connectivity index (χ4v) is 2.74. The quantitative estimate of drug-likeness (QED) is 0.591. The molecule has 0 amide bonds. The third-order valence-corrected chi connectivity index (χ3v) is 3.73. The van der Waals surface area contributed by atoms with Crippen LogP contribution in [0.1, 0.15) is 32.0 Å². The summed E-state index contributed by atoms with van der Waals surface area (Å²) in [5.41, 5.74) is 0. The fourth-order valence-electron chi connectivity index (χ4n) is 0.978. The number of aliphatic carboxylic acids is 1. The predicted molar refractivity (Wildman–Crippen MR) is 61.5 cm³/mol. The average Bonchev–Trinajstić information content (AvgIpc) is 2.65. The molecule has 0 bridgehead atoms. The molecule has 84 valence electrons. The Morgan fingerprint density at radius 1 is 1.53 bits per heavy atom. The molecule has 0 saturated carbocycles. The molecule has 1 heterocycles. The zero-order valence-corrected chi connectivity index (χ0v) is 10.2. The lowest BCUT2D eigenvalue weighted by Gasteiger charge is -1.95. The SMILES string of the molecule is CCc1nsc(SCCCCC(=O)O)n1. The number of rotatable bonds is 7. The average molecular weight is 246 g/mol. The topological polar surface area (TPSA) is 63.1 Å². The molecule has 4 nitrogen and oxygen atoms in total. The number of carboxylic acid groups (broad SMARTS) is 1. The van der Waals surface area contributed by atoms with Crippen LogP contribution in [0.25, 0.3) is 0 Å². The van der Waals surface area contributed by atoms with Crippen molar-refractivity contribution in [2.75, 3.05) is 5.75 Å². The minimum absolute atomic E-state index is 0.261. The van der Waals surface area contributed by atoms with E-state index in [1.807, 2.05) is 6.92 Å². The number of thioether (sulfide) groups is 1. The Morgan fingerprint density at radius 2 is 2.33 bits per heavy atom. The highest BCUT2D eigenvalue weighted by molar-refractivity contribution is 8.00. The molecule has 6 heteroatoms. The molecule has 0 unspecified atom stereocenters. The molecule has 1 aromatic rings. The fraction of sp³-hybridized carbons (Fsp3) is 0.667. The Kier molecular flexibility index (Phi) is 5.63. The molecule has 0 aliphatic rings. The minimum Gasteiger partial charge on any atom is -0.481 e. The molecule has 0 fully saturated rings. The summed E-state index contributed by atoms with van der Waals surface area (Å²) in [5.74, 6) is 1.10. The van der Waals surface area contributed by atoms with Crippen molar-refractivity contribution in [1.82, 2.24) is 9.36 Å². The minimum atomic E-state index is -0.718. The summed E-state index contributed by atoms with van der Waals surface area (Å²) >= 11 is 3.08. The van der Waals surface area contributed by atoms with Gasteiger partial charge in [0.05, 0.1) is 0 Å². The predicted octanol–water partition coefficient (Wildman–Crippen LogP) is 2.45. The Bertz CT molecular complexity index is 315. The molecular formula is C9H14N2O2S2. The van der Waals surface area contributed by atoms with Gasteiger partial charge in [0.25, 0.3) is 0 Å². The van der Waals surface area contributed by atoms with E-state index in [2.05, 4.69) is 9.36 Å². The molecule has 0 aromatic carbocycles. The van der Waals surface area contributed by atoms with Crippen molar-refractivity contribution in [2.45, 2.75) is 36.9 Å². The van der Waals surface area contributed by atoms with Crippen LogP contribution in [0.2, 0.25) is 0 Å². The maximum absolute atomic E-state index is 10.2. The number of aryl methyl sites for hydroxylation is 1. The molecule has 0 aliphatic carbocycles. The summed E-state index contributed by atoms with van der Waals surface area (Å²) in [4.78, 5) is 14.6. The third kappa shape index (κ3) is 5.13. The van der Waals surface area contributed by atoms with E-state index in [0.29, 0.717) is 0 Å². The van der Waals surface area contributed by atoms with Gasteiger partial charge in [-0.25, -0.2) is 4.98 Å². The highest BCUT2D eigenvalue weighted by atomic mass is 32.2. The van der Waals surface area contributed by atoms with Crippen molar-refractivity contribution in [3.63, 3.8) is 0 Å². The Hall–Kier alpha value is -0.620. The van der Waals surface area contributed by atoms with Crippen LogP contribution in [0.3, 0.4) is 0 Å². The van der Waals surface area contributed by atoms with Gasteiger partial charge in [-0.15, -0.1) is 0 Å². The Labute approximate surface area is 97.3 Å². The summed E-state index contributed by atoms with van der Waals surface area (Å²) in [7, 11) is 0. The first kappa shape index (κ1) is 12.4. The van der Waals surface area contributed by atoms with Crippen LogP contribution in [0.4, 0.5) is 0 Å². The van der Waals surface area contributed by atoms with E-state index in [4.69, 9.17) is 5.11 Å². The van der Waals surface area contributed by atoms with Crippen LogP contribution in [-0.2, 0) is 11.2 Å². The Morgan fingerprint density at radius 3 is 2.93 bits per heavy atom. The third-order valence-electron chi connectivity index (χ3n) is 1.78. The van der Waals surface area contributed by atoms with E-state index in [9.17, 15) is 4.79 Å². The lowest BCUT2D eigenvalue weighted by atomic mass is 10.3. The van der Waals surface area contributed by atoms with Gasteiger partial charge < -0.3 is 5.11 Å². The molecule has 1 N–H and O–H groups in total. The summed E-state index contributed by atoms with van der Waals surface area (Å²) in [5, 5.41) is 8.44. The number of unbranched alkanes of at least 4 members (excludes halogenated alkanes) is 1. The molecule has 0 saturated heterocycles. The molecule has 15 heavy (non-hydrogen) atoms. The van der Waals surface area contributed by atoms with Crippen LogP contribution in [-0.4, -0.2) is 26.2 Å².